The normalized spacial score (nSPS) is 10.4. The van der Waals surface area contributed by atoms with Crippen molar-refractivity contribution in [2.75, 3.05) is 5.75 Å². The lowest BCUT2D eigenvalue weighted by Crippen LogP contribution is -2.24. The van der Waals surface area contributed by atoms with Gasteiger partial charge in [-0.3, -0.25) is 4.79 Å². The first-order chi connectivity index (χ1) is 10.0. The number of nitrogens with one attached hydrogen (secondary N) is 1. The van der Waals surface area contributed by atoms with Crippen molar-refractivity contribution in [1.29, 1.82) is 0 Å². The third kappa shape index (κ3) is 5.02. The molecule has 0 aliphatic heterocycles. The van der Waals surface area contributed by atoms with Crippen LogP contribution in [0.4, 0.5) is 8.78 Å². The lowest BCUT2D eigenvalue weighted by atomic mass is 10.2. The molecule has 1 N–H and O–H groups in total. The number of carbonyl (C=O) groups excluding carboxylic acids is 1. The first-order valence-corrected chi connectivity index (χ1v) is 7.50. The van der Waals surface area contributed by atoms with Crippen molar-refractivity contribution in [3.63, 3.8) is 0 Å². The highest BCUT2D eigenvalue weighted by Gasteiger charge is 2.06. The average Bonchev–Trinajstić information content (AvgIpc) is 2.48. The predicted molar refractivity (Wildman–Crippen MR) is 80.4 cm³/mol. The van der Waals surface area contributed by atoms with E-state index in [0.717, 1.165) is 29.5 Å². The van der Waals surface area contributed by atoms with Crippen molar-refractivity contribution in [1.82, 2.24) is 5.32 Å². The van der Waals surface area contributed by atoms with E-state index in [1.165, 1.54) is 6.07 Å². The fourth-order valence-electron chi connectivity index (χ4n) is 1.57. The van der Waals surface area contributed by atoms with Gasteiger partial charge in [-0.1, -0.05) is 23.7 Å². The van der Waals surface area contributed by atoms with E-state index in [1.807, 2.05) is 12.1 Å². The third-order valence-electron chi connectivity index (χ3n) is 2.66. The quantitative estimate of drug-likeness (QED) is 0.840. The van der Waals surface area contributed by atoms with E-state index in [0.29, 0.717) is 16.5 Å². The molecule has 0 bridgehead atoms. The molecule has 6 heteroatoms. The van der Waals surface area contributed by atoms with Gasteiger partial charge in [0.25, 0.3) is 0 Å². The number of carbonyl (C=O) groups is 1. The summed E-state index contributed by atoms with van der Waals surface area (Å²) < 4.78 is 25.8. The molecular formula is C15H12ClF2NOS. The second kappa shape index (κ2) is 7.43. The van der Waals surface area contributed by atoms with Crippen LogP contribution >= 0.6 is 23.4 Å². The Kier molecular flexibility index (Phi) is 5.59. The number of hydrogen-bond donors (Lipinski definition) is 1. The van der Waals surface area contributed by atoms with Crippen LogP contribution in [0.2, 0.25) is 5.02 Å². The molecule has 0 aliphatic carbocycles. The van der Waals surface area contributed by atoms with E-state index in [-0.39, 0.29) is 11.7 Å². The Hall–Kier alpha value is -1.59. The second-order valence-electron chi connectivity index (χ2n) is 4.27. The molecule has 2 nitrogen and oxygen atoms in total. The standard InChI is InChI=1S/C15H12ClF2NOS/c16-11-3-1-10(2-4-11)8-19-15(20)9-21-12-5-6-13(17)14(18)7-12/h1-7H,8-9H2,(H,19,20). The van der Waals surface area contributed by atoms with Crippen LogP contribution in [-0.4, -0.2) is 11.7 Å². The summed E-state index contributed by atoms with van der Waals surface area (Å²) in [7, 11) is 0. The molecule has 0 heterocycles. The zero-order chi connectivity index (χ0) is 15.2. The molecule has 0 spiro atoms. The van der Waals surface area contributed by atoms with Gasteiger partial charge < -0.3 is 5.32 Å². The maximum Gasteiger partial charge on any atom is 0.230 e. The summed E-state index contributed by atoms with van der Waals surface area (Å²) in [5, 5.41) is 3.38. The van der Waals surface area contributed by atoms with Crippen LogP contribution in [0.5, 0.6) is 0 Å². The van der Waals surface area contributed by atoms with Crippen molar-refractivity contribution in [3.8, 4) is 0 Å². The van der Waals surface area contributed by atoms with Gasteiger partial charge in [0, 0.05) is 16.5 Å². The maximum atomic E-state index is 13.0. The van der Waals surface area contributed by atoms with E-state index in [9.17, 15) is 13.6 Å². The molecule has 0 unspecified atom stereocenters. The van der Waals surface area contributed by atoms with Crippen molar-refractivity contribution < 1.29 is 13.6 Å². The van der Waals surface area contributed by atoms with Crippen molar-refractivity contribution in [3.05, 3.63) is 64.7 Å². The van der Waals surface area contributed by atoms with Crippen LogP contribution in [0, 0.1) is 11.6 Å². The van der Waals surface area contributed by atoms with Gasteiger partial charge in [-0.15, -0.1) is 11.8 Å². The Labute approximate surface area is 130 Å². The Morgan fingerprint density at radius 1 is 1.10 bits per heavy atom. The molecule has 0 atom stereocenters. The molecule has 2 rings (SSSR count). The monoisotopic (exact) mass is 327 g/mol. The summed E-state index contributed by atoms with van der Waals surface area (Å²) >= 11 is 6.92. The van der Waals surface area contributed by atoms with E-state index >= 15 is 0 Å². The SMILES string of the molecule is O=C(CSc1ccc(F)c(F)c1)NCc1ccc(Cl)cc1. The number of rotatable bonds is 5. The van der Waals surface area contributed by atoms with Gasteiger partial charge in [0.2, 0.25) is 5.91 Å². The van der Waals surface area contributed by atoms with Crippen molar-refractivity contribution >= 4 is 29.3 Å². The fraction of sp³-hybridized carbons (Fsp3) is 0.133. The Bertz CT molecular complexity index is 634. The van der Waals surface area contributed by atoms with Gasteiger partial charge in [-0.25, -0.2) is 8.78 Å². The van der Waals surface area contributed by atoms with Crippen LogP contribution in [0.3, 0.4) is 0 Å². The Balaban J connectivity index is 1.79. The van der Waals surface area contributed by atoms with Crippen LogP contribution < -0.4 is 5.32 Å². The summed E-state index contributed by atoms with van der Waals surface area (Å²) in [5.41, 5.74) is 0.936. The zero-order valence-electron chi connectivity index (χ0n) is 10.9. The minimum Gasteiger partial charge on any atom is -0.351 e. The molecule has 1 amide bonds. The number of amides is 1. The fourth-order valence-corrected chi connectivity index (χ4v) is 2.45. The lowest BCUT2D eigenvalue weighted by molar-refractivity contribution is -0.118. The summed E-state index contributed by atoms with van der Waals surface area (Å²) in [4.78, 5) is 12.2. The van der Waals surface area contributed by atoms with E-state index in [1.54, 1.807) is 12.1 Å². The van der Waals surface area contributed by atoms with Gasteiger partial charge >= 0.3 is 0 Å². The van der Waals surface area contributed by atoms with Gasteiger partial charge in [-0.2, -0.15) is 0 Å². The lowest BCUT2D eigenvalue weighted by Gasteiger charge is -2.06. The average molecular weight is 328 g/mol. The summed E-state index contributed by atoms with van der Waals surface area (Å²) in [6.07, 6.45) is 0. The Morgan fingerprint density at radius 3 is 2.48 bits per heavy atom. The summed E-state index contributed by atoms with van der Waals surface area (Å²) in [6, 6.07) is 10.7. The molecule has 21 heavy (non-hydrogen) atoms. The second-order valence-corrected chi connectivity index (χ2v) is 5.75. The van der Waals surface area contributed by atoms with Crippen LogP contribution in [0.15, 0.2) is 47.4 Å². The van der Waals surface area contributed by atoms with Crippen LogP contribution in [0.1, 0.15) is 5.56 Å². The number of benzene rings is 2. The highest BCUT2D eigenvalue weighted by Crippen LogP contribution is 2.20. The van der Waals surface area contributed by atoms with Gasteiger partial charge in [-0.05, 0) is 35.9 Å². The van der Waals surface area contributed by atoms with E-state index in [4.69, 9.17) is 11.6 Å². The minimum absolute atomic E-state index is 0.138. The van der Waals surface area contributed by atoms with Crippen molar-refractivity contribution in [2.24, 2.45) is 0 Å². The van der Waals surface area contributed by atoms with Crippen LogP contribution in [0.25, 0.3) is 0 Å². The zero-order valence-corrected chi connectivity index (χ0v) is 12.5. The molecule has 0 radical (unpaired) electrons. The first kappa shape index (κ1) is 15.8. The summed E-state index contributed by atoms with van der Waals surface area (Å²) in [6.45, 7) is 0.397. The largest absolute Gasteiger partial charge is 0.351 e. The molecule has 2 aromatic carbocycles. The molecule has 0 aromatic heterocycles. The van der Waals surface area contributed by atoms with Crippen molar-refractivity contribution in [2.45, 2.75) is 11.4 Å². The highest BCUT2D eigenvalue weighted by atomic mass is 35.5. The van der Waals surface area contributed by atoms with Gasteiger partial charge in [0.1, 0.15) is 0 Å². The number of halogens is 3. The molecule has 2 aromatic rings. The first-order valence-electron chi connectivity index (χ1n) is 6.13. The topological polar surface area (TPSA) is 29.1 Å². The number of hydrogen-bond acceptors (Lipinski definition) is 2. The van der Waals surface area contributed by atoms with E-state index in [2.05, 4.69) is 5.32 Å². The minimum atomic E-state index is -0.915. The Morgan fingerprint density at radius 2 is 1.81 bits per heavy atom. The van der Waals surface area contributed by atoms with Crippen LogP contribution in [-0.2, 0) is 11.3 Å². The molecule has 0 aliphatic rings. The molecule has 0 saturated carbocycles. The highest BCUT2D eigenvalue weighted by molar-refractivity contribution is 8.00. The number of thioether (sulfide) groups is 1. The maximum absolute atomic E-state index is 13.0. The predicted octanol–water partition coefficient (Wildman–Crippen LogP) is 4.03. The molecule has 110 valence electrons. The molecule has 0 fully saturated rings. The summed E-state index contributed by atoms with van der Waals surface area (Å²) in [5.74, 6) is -1.86. The van der Waals surface area contributed by atoms with E-state index < -0.39 is 11.6 Å². The van der Waals surface area contributed by atoms with Gasteiger partial charge in [0.05, 0.1) is 5.75 Å². The smallest absolute Gasteiger partial charge is 0.230 e. The molecular weight excluding hydrogens is 316 g/mol. The third-order valence-corrected chi connectivity index (χ3v) is 3.91. The van der Waals surface area contributed by atoms with Gasteiger partial charge in [0.15, 0.2) is 11.6 Å². The molecule has 0 saturated heterocycles.